The first-order valence-corrected chi connectivity index (χ1v) is 8.08. The Balaban J connectivity index is 1.94. The third-order valence-electron chi connectivity index (χ3n) is 3.44. The maximum atomic E-state index is 12.7. The fourth-order valence-electron chi connectivity index (χ4n) is 2.30. The first kappa shape index (κ1) is 13.9. The molecule has 0 amide bonds. The van der Waals surface area contributed by atoms with Crippen LogP contribution in [0.4, 0.5) is 5.69 Å². The molecular formula is C15H16N2O3S. The first-order chi connectivity index (χ1) is 10.1. The molecule has 6 heteroatoms. The van der Waals surface area contributed by atoms with Crippen LogP contribution in [0.3, 0.4) is 0 Å². The van der Waals surface area contributed by atoms with E-state index in [0.717, 1.165) is 11.3 Å². The van der Waals surface area contributed by atoms with Crippen molar-refractivity contribution in [1.29, 1.82) is 0 Å². The van der Waals surface area contributed by atoms with E-state index >= 15 is 0 Å². The molecule has 110 valence electrons. The maximum absolute atomic E-state index is 12.7. The van der Waals surface area contributed by atoms with Crippen molar-refractivity contribution in [3.05, 3.63) is 54.1 Å². The summed E-state index contributed by atoms with van der Waals surface area (Å²) in [6.07, 6.45) is 0. The van der Waals surface area contributed by atoms with Crippen molar-refractivity contribution in [3.63, 3.8) is 0 Å². The predicted molar refractivity (Wildman–Crippen MR) is 80.4 cm³/mol. The summed E-state index contributed by atoms with van der Waals surface area (Å²) in [7, 11) is -3.55. The number of nitrogens with zero attached hydrogens (tertiary/aromatic N) is 1. The molecule has 0 saturated carbocycles. The molecule has 0 spiro atoms. The van der Waals surface area contributed by atoms with Gasteiger partial charge in [0.2, 0.25) is 10.0 Å². The molecule has 1 aliphatic rings. The van der Waals surface area contributed by atoms with Crippen molar-refractivity contribution in [2.24, 2.45) is 0 Å². The zero-order valence-electron chi connectivity index (χ0n) is 11.4. The van der Waals surface area contributed by atoms with Crippen molar-refractivity contribution in [3.8, 4) is 5.75 Å². The van der Waals surface area contributed by atoms with Gasteiger partial charge in [-0.15, -0.1) is 0 Å². The third-order valence-corrected chi connectivity index (χ3v) is 5.29. The lowest BCUT2D eigenvalue weighted by molar-refractivity contribution is 0.293. The lowest BCUT2D eigenvalue weighted by atomic mass is 10.2. The molecule has 2 N–H and O–H groups in total. The van der Waals surface area contributed by atoms with Crippen LogP contribution in [0.25, 0.3) is 0 Å². The van der Waals surface area contributed by atoms with Gasteiger partial charge < -0.3 is 10.5 Å². The molecule has 5 nitrogen and oxygen atoms in total. The summed E-state index contributed by atoms with van der Waals surface area (Å²) in [6, 6.07) is 13.7. The molecule has 0 atom stereocenters. The molecule has 2 aromatic carbocycles. The number of nitrogens with two attached hydrogens (primary N) is 1. The largest absolute Gasteiger partial charge is 0.492 e. The Kier molecular flexibility index (Phi) is 3.57. The second-order valence-electron chi connectivity index (χ2n) is 4.86. The average Bonchev–Trinajstić information content (AvgIpc) is 2.70. The highest BCUT2D eigenvalue weighted by Crippen LogP contribution is 2.26. The molecule has 0 saturated heterocycles. The molecule has 21 heavy (non-hydrogen) atoms. The van der Waals surface area contributed by atoms with Gasteiger partial charge in [-0.2, -0.15) is 4.31 Å². The van der Waals surface area contributed by atoms with E-state index in [-0.39, 0.29) is 4.90 Å². The molecule has 1 aliphatic heterocycles. The Labute approximate surface area is 124 Å². The second kappa shape index (κ2) is 5.38. The standard InChI is InChI=1S/C15H16N2O3S/c16-13-5-7-14(8-6-13)21(18,19)17-9-10-20-15-4-2-1-3-12(15)11-17/h1-8H,9-11,16H2. The summed E-state index contributed by atoms with van der Waals surface area (Å²) in [5, 5.41) is 0. The molecule has 0 fully saturated rings. The van der Waals surface area contributed by atoms with Crippen LogP contribution in [0.2, 0.25) is 0 Å². The van der Waals surface area contributed by atoms with Crippen molar-refractivity contribution < 1.29 is 13.2 Å². The van der Waals surface area contributed by atoms with Crippen LogP contribution >= 0.6 is 0 Å². The lowest BCUT2D eigenvalue weighted by Crippen LogP contribution is -2.32. The quantitative estimate of drug-likeness (QED) is 0.859. The van der Waals surface area contributed by atoms with Crippen LogP contribution in [0.5, 0.6) is 5.75 Å². The molecule has 0 radical (unpaired) electrons. The summed E-state index contributed by atoms with van der Waals surface area (Å²) in [5.41, 5.74) is 7.02. The number of para-hydroxylation sites is 1. The van der Waals surface area contributed by atoms with Crippen LogP contribution in [-0.4, -0.2) is 25.9 Å². The molecule has 2 aromatic rings. The molecule has 1 heterocycles. The third kappa shape index (κ3) is 2.72. The SMILES string of the molecule is Nc1ccc(S(=O)(=O)N2CCOc3ccccc3C2)cc1. The molecule has 0 bridgehead atoms. The van der Waals surface area contributed by atoms with E-state index in [1.807, 2.05) is 24.3 Å². The lowest BCUT2D eigenvalue weighted by Gasteiger charge is -2.19. The highest BCUT2D eigenvalue weighted by atomic mass is 32.2. The number of hydrogen-bond donors (Lipinski definition) is 1. The van der Waals surface area contributed by atoms with E-state index in [9.17, 15) is 8.42 Å². The van der Waals surface area contributed by atoms with Gasteiger partial charge in [-0.3, -0.25) is 0 Å². The monoisotopic (exact) mass is 304 g/mol. The van der Waals surface area contributed by atoms with Crippen LogP contribution < -0.4 is 10.5 Å². The Morgan fingerprint density at radius 2 is 1.76 bits per heavy atom. The number of sulfonamides is 1. The van der Waals surface area contributed by atoms with Gasteiger partial charge in [-0.25, -0.2) is 8.42 Å². The van der Waals surface area contributed by atoms with Crippen LogP contribution in [0.15, 0.2) is 53.4 Å². The van der Waals surface area contributed by atoms with Gasteiger partial charge in [-0.1, -0.05) is 18.2 Å². The van der Waals surface area contributed by atoms with Gasteiger partial charge >= 0.3 is 0 Å². The van der Waals surface area contributed by atoms with Gasteiger partial charge in [-0.05, 0) is 30.3 Å². The van der Waals surface area contributed by atoms with Crippen LogP contribution in [-0.2, 0) is 16.6 Å². The summed E-state index contributed by atoms with van der Waals surface area (Å²) < 4.78 is 32.4. The van der Waals surface area contributed by atoms with Crippen molar-refractivity contribution >= 4 is 15.7 Å². The van der Waals surface area contributed by atoms with Crippen molar-refractivity contribution in [2.45, 2.75) is 11.4 Å². The van der Waals surface area contributed by atoms with E-state index in [1.165, 1.54) is 16.4 Å². The van der Waals surface area contributed by atoms with Gasteiger partial charge in [0.1, 0.15) is 12.4 Å². The highest BCUT2D eigenvalue weighted by Gasteiger charge is 2.27. The Morgan fingerprint density at radius 1 is 1.05 bits per heavy atom. The van der Waals surface area contributed by atoms with Crippen LogP contribution in [0.1, 0.15) is 5.56 Å². The van der Waals surface area contributed by atoms with E-state index in [2.05, 4.69) is 0 Å². The fourth-order valence-corrected chi connectivity index (χ4v) is 3.70. The van der Waals surface area contributed by atoms with Gasteiger partial charge in [0.25, 0.3) is 0 Å². The minimum atomic E-state index is -3.55. The van der Waals surface area contributed by atoms with E-state index in [1.54, 1.807) is 12.1 Å². The highest BCUT2D eigenvalue weighted by molar-refractivity contribution is 7.89. The van der Waals surface area contributed by atoms with Crippen LogP contribution in [0, 0.1) is 0 Å². The zero-order valence-corrected chi connectivity index (χ0v) is 12.2. The molecule has 3 rings (SSSR count). The molecular weight excluding hydrogens is 288 g/mol. The number of hydrogen-bond acceptors (Lipinski definition) is 4. The Bertz CT molecular complexity index is 742. The summed E-state index contributed by atoms with van der Waals surface area (Å²) in [4.78, 5) is 0.246. The van der Waals surface area contributed by atoms with Gasteiger partial charge in [0.15, 0.2) is 0 Å². The zero-order chi connectivity index (χ0) is 14.9. The smallest absolute Gasteiger partial charge is 0.243 e. The number of anilines is 1. The van der Waals surface area contributed by atoms with E-state index < -0.39 is 10.0 Å². The number of rotatable bonds is 2. The summed E-state index contributed by atoms with van der Waals surface area (Å²) >= 11 is 0. The Hall–Kier alpha value is -2.05. The number of benzene rings is 2. The fraction of sp³-hybridized carbons (Fsp3) is 0.200. The van der Waals surface area contributed by atoms with Crippen molar-refractivity contribution in [1.82, 2.24) is 4.31 Å². The minimum absolute atomic E-state index is 0.246. The van der Waals surface area contributed by atoms with Crippen molar-refractivity contribution in [2.75, 3.05) is 18.9 Å². The maximum Gasteiger partial charge on any atom is 0.243 e. The number of ether oxygens (including phenoxy) is 1. The van der Waals surface area contributed by atoms with Gasteiger partial charge in [0.05, 0.1) is 4.90 Å². The molecule has 0 aromatic heterocycles. The molecule has 0 aliphatic carbocycles. The minimum Gasteiger partial charge on any atom is -0.492 e. The van der Waals surface area contributed by atoms with E-state index in [4.69, 9.17) is 10.5 Å². The van der Waals surface area contributed by atoms with Gasteiger partial charge in [0, 0.05) is 24.3 Å². The topological polar surface area (TPSA) is 72.6 Å². The predicted octanol–water partition coefficient (Wildman–Crippen LogP) is 1.85. The number of fused-ring (bicyclic) bond motifs is 1. The molecule has 0 unspecified atom stereocenters. The summed E-state index contributed by atoms with van der Waals surface area (Å²) in [5.74, 6) is 0.743. The second-order valence-corrected chi connectivity index (χ2v) is 6.80. The average molecular weight is 304 g/mol. The van der Waals surface area contributed by atoms with E-state index in [0.29, 0.717) is 25.4 Å². The number of nitrogen functional groups attached to an aromatic ring is 1. The first-order valence-electron chi connectivity index (χ1n) is 6.64. The normalized spacial score (nSPS) is 15.8. The Morgan fingerprint density at radius 3 is 2.52 bits per heavy atom. The summed E-state index contributed by atoms with van der Waals surface area (Å²) in [6.45, 7) is 0.968.